The van der Waals surface area contributed by atoms with E-state index in [0.29, 0.717) is 12.6 Å². The molecule has 1 N–H and O–H groups in total. The summed E-state index contributed by atoms with van der Waals surface area (Å²) in [5.74, 6) is 4.24. The molecule has 2 heteroatoms. The normalized spacial score (nSPS) is 17.1. The number of rotatable bonds is 6. The molecule has 0 radical (unpaired) electrons. The summed E-state index contributed by atoms with van der Waals surface area (Å²) in [5.41, 5.74) is 1.18. The van der Waals surface area contributed by atoms with E-state index < -0.39 is 0 Å². The van der Waals surface area contributed by atoms with Crippen LogP contribution in [0.5, 0.6) is 5.75 Å². The van der Waals surface area contributed by atoms with Crippen LogP contribution in [0, 0.1) is 18.3 Å². The summed E-state index contributed by atoms with van der Waals surface area (Å²) >= 11 is 0. The van der Waals surface area contributed by atoms with Crippen LogP contribution in [0.15, 0.2) is 24.3 Å². The van der Waals surface area contributed by atoms with Crippen molar-refractivity contribution < 1.29 is 4.74 Å². The van der Waals surface area contributed by atoms with Crippen LogP contribution in [0.2, 0.25) is 0 Å². The molecular formula is C17H23NO. The van der Waals surface area contributed by atoms with Gasteiger partial charge < -0.3 is 10.1 Å². The molecule has 0 saturated heterocycles. The maximum Gasteiger partial charge on any atom is 0.148 e. The molecule has 1 saturated carbocycles. The molecule has 2 nitrogen and oxygen atoms in total. The van der Waals surface area contributed by atoms with E-state index in [1.54, 1.807) is 0 Å². The molecule has 2 rings (SSSR count). The van der Waals surface area contributed by atoms with E-state index in [0.717, 1.165) is 18.2 Å². The first-order chi connectivity index (χ1) is 9.31. The SMILES string of the molecule is C#CCOc1ccccc1CN[C@@H](C)C1CCCC1. The summed E-state index contributed by atoms with van der Waals surface area (Å²) in [6, 6.07) is 8.67. The van der Waals surface area contributed by atoms with Gasteiger partial charge in [-0.25, -0.2) is 0 Å². The van der Waals surface area contributed by atoms with E-state index in [2.05, 4.69) is 24.2 Å². The highest BCUT2D eigenvalue weighted by Crippen LogP contribution is 2.28. The molecule has 0 amide bonds. The van der Waals surface area contributed by atoms with E-state index in [1.807, 2.05) is 18.2 Å². The van der Waals surface area contributed by atoms with Crippen molar-refractivity contribution in [3.05, 3.63) is 29.8 Å². The van der Waals surface area contributed by atoms with Crippen LogP contribution in [-0.4, -0.2) is 12.6 Å². The molecule has 1 aliphatic rings. The Hall–Kier alpha value is -1.46. The zero-order valence-corrected chi connectivity index (χ0v) is 11.7. The number of benzene rings is 1. The Balaban J connectivity index is 1.89. The molecular weight excluding hydrogens is 234 g/mol. The fourth-order valence-corrected chi connectivity index (χ4v) is 2.81. The molecule has 1 aliphatic carbocycles. The molecule has 0 unspecified atom stereocenters. The lowest BCUT2D eigenvalue weighted by molar-refractivity contribution is 0.354. The monoisotopic (exact) mass is 257 g/mol. The predicted molar refractivity (Wildman–Crippen MR) is 79.0 cm³/mol. The van der Waals surface area contributed by atoms with Crippen molar-refractivity contribution in [3.63, 3.8) is 0 Å². The number of para-hydroxylation sites is 1. The Morgan fingerprint density at radius 1 is 1.37 bits per heavy atom. The lowest BCUT2D eigenvalue weighted by atomic mass is 9.99. The lowest BCUT2D eigenvalue weighted by Gasteiger charge is -2.21. The van der Waals surface area contributed by atoms with Crippen LogP contribution >= 0.6 is 0 Å². The number of ether oxygens (including phenoxy) is 1. The van der Waals surface area contributed by atoms with Gasteiger partial charge >= 0.3 is 0 Å². The largest absolute Gasteiger partial charge is 0.481 e. The van der Waals surface area contributed by atoms with Gasteiger partial charge in [0.2, 0.25) is 0 Å². The van der Waals surface area contributed by atoms with Crippen molar-refractivity contribution in [2.45, 2.75) is 45.2 Å². The third-order valence-corrected chi connectivity index (χ3v) is 4.01. The number of terminal acetylenes is 1. The van der Waals surface area contributed by atoms with Gasteiger partial charge in [-0.3, -0.25) is 0 Å². The zero-order valence-electron chi connectivity index (χ0n) is 11.7. The van der Waals surface area contributed by atoms with Crippen molar-refractivity contribution in [1.29, 1.82) is 0 Å². The van der Waals surface area contributed by atoms with Crippen molar-refractivity contribution >= 4 is 0 Å². The Morgan fingerprint density at radius 3 is 2.84 bits per heavy atom. The van der Waals surface area contributed by atoms with Gasteiger partial charge in [-0.05, 0) is 31.7 Å². The fraction of sp³-hybridized carbons (Fsp3) is 0.529. The van der Waals surface area contributed by atoms with Gasteiger partial charge in [0, 0.05) is 18.2 Å². The molecule has 0 spiro atoms. The summed E-state index contributed by atoms with van der Waals surface area (Å²) in [7, 11) is 0. The topological polar surface area (TPSA) is 21.3 Å². The first-order valence-electron chi connectivity index (χ1n) is 7.19. The molecule has 102 valence electrons. The number of hydrogen-bond donors (Lipinski definition) is 1. The highest BCUT2D eigenvalue weighted by Gasteiger charge is 2.21. The number of hydrogen-bond acceptors (Lipinski definition) is 2. The molecule has 0 aliphatic heterocycles. The van der Waals surface area contributed by atoms with Gasteiger partial charge in [0.05, 0.1) is 0 Å². The van der Waals surface area contributed by atoms with Crippen molar-refractivity contribution in [2.75, 3.05) is 6.61 Å². The summed E-state index contributed by atoms with van der Waals surface area (Å²) < 4.78 is 5.57. The molecule has 0 heterocycles. The van der Waals surface area contributed by atoms with Crippen LogP contribution < -0.4 is 10.1 Å². The first kappa shape index (κ1) is 14.0. The molecule has 1 atom stereocenters. The average molecular weight is 257 g/mol. The van der Waals surface area contributed by atoms with Gasteiger partial charge in [0.1, 0.15) is 12.4 Å². The minimum absolute atomic E-state index is 0.329. The second-order valence-corrected chi connectivity index (χ2v) is 5.31. The van der Waals surface area contributed by atoms with Gasteiger partial charge in [-0.2, -0.15) is 0 Å². The summed E-state index contributed by atoms with van der Waals surface area (Å²) in [5, 5.41) is 3.63. The van der Waals surface area contributed by atoms with Crippen LogP contribution in [0.3, 0.4) is 0 Å². The number of nitrogens with one attached hydrogen (secondary N) is 1. The Bertz CT molecular complexity index is 429. The van der Waals surface area contributed by atoms with Gasteiger partial charge in [-0.1, -0.05) is 37.0 Å². The molecule has 1 aromatic carbocycles. The standard InChI is InChI=1S/C17H23NO/c1-3-12-19-17-11-7-6-10-16(17)13-18-14(2)15-8-4-5-9-15/h1,6-7,10-11,14-15,18H,4-5,8-9,12-13H2,2H3/t14-/m0/s1. The third kappa shape index (κ3) is 4.01. The van der Waals surface area contributed by atoms with E-state index in [-0.39, 0.29) is 0 Å². The smallest absolute Gasteiger partial charge is 0.148 e. The van der Waals surface area contributed by atoms with Crippen molar-refractivity contribution in [1.82, 2.24) is 5.32 Å². The molecule has 1 aromatic rings. The van der Waals surface area contributed by atoms with E-state index >= 15 is 0 Å². The minimum atomic E-state index is 0.329. The molecule has 1 fully saturated rings. The van der Waals surface area contributed by atoms with Gasteiger partial charge in [-0.15, -0.1) is 6.42 Å². The van der Waals surface area contributed by atoms with E-state index in [9.17, 15) is 0 Å². The average Bonchev–Trinajstić information content (AvgIpc) is 2.97. The van der Waals surface area contributed by atoms with Crippen LogP contribution in [0.1, 0.15) is 38.2 Å². The maximum atomic E-state index is 5.57. The second kappa shape index (κ2) is 7.21. The van der Waals surface area contributed by atoms with Gasteiger partial charge in [0.25, 0.3) is 0 Å². The van der Waals surface area contributed by atoms with Crippen LogP contribution in [0.4, 0.5) is 0 Å². The van der Waals surface area contributed by atoms with Crippen molar-refractivity contribution in [2.24, 2.45) is 5.92 Å². The Morgan fingerprint density at radius 2 is 2.11 bits per heavy atom. The molecule has 0 aromatic heterocycles. The maximum absolute atomic E-state index is 5.57. The quantitative estimate of drug-likeness (QED) is 0.789. The summed E-state index contributed by atoms with van der Waals surface area (Å²) in [6.07, 6.45) is 10.7. The van der Waals surface area contributed by atoms with E-state index in [4.69, 9.17) is 11.2 Å². The predicted octanol–water partition coefficient (Wildman–Crippen LogP) is 3.37. The zero-order chi connectivity index (χ0) is 13.5. The fourth-order valence-electron chi connectivity index (χ4n) is 2.81. The highest BCUT2D eigenvalue weighted by atomic mass is 16.5. The Labute approximate surface area is 116 Å². The lowest BCUT2D eigenvalue weighted by Crippen LogP contribution is -2.31. The van der Waals surface area contributed by atoms with E-state index in [1.165, 1.54) is 31.2 Å². The van der Waals surface area contributed by atoms with Crippen LogP contribution in [0.25, 0.3) is 0 Å². The second-order valence-electron chi connectivity index (χ2n) is 5.31. The third-order valence-electron chi connectivity index (χ3n) is 4.01. The minimum Gasteiger partial charge on any atom is -0.481 e. The Kier molecular flexibility index (Phi) is 5.30. The first-order valence-corrected chi connectivity index (χ1v) is 7.19. The van der Waals surface area contributed by atoms with Crippen LogP contribution in [-0.2, 0) is 6.54 Å². The highest BCUT2D eigenvalue weighted by molar-refractivity contribution is 5.33. The summed E-state index contributed by atoms with van der Waals surface area (Å²) in [4.78, 5) is 0. The summed E-state index contributed by atoms with van der Waals surface area (Å²) in [6.45, 7) is 3.47. The molecule has 0 bridgehead atoms. The van der Waals surface area contributed by atoms with Gasteiger partial charge in [0.15, 0.2) is 0 Å². The molecule has 19 heavy (non-hydrogen) atoms. The van der Waals surface area contributed by atoms with Crippen molar-refractivity contribution in [3.8, 4) is 18.1 Å².